The van der Waals surface area contributed by atoms with Crippen LogP contribution in [0.1, 0.15) is 6.42 Å². The topological polar surface area (TPSA) is 81.7 Å². The van der Waals surface area contributed by atoms with E-state index in [0.717, 1.165) is 0 Å². The van der Waals surface area contributed by atoms with E-state index in [9.17, 15) is 4.79 Å². The van der Waals surface area contributed by atoms with Crippen LogP contribution in [0.5, 0.6) is 23.0 Å². The van der Waals surface area contributed by atoms with Gasteiger partial charge in [0.25, 0.3) is 0 Å². The van der Waals surface area contributed by atoms with Crippen molar-refractivity contribution in [3.8, 4) is 23.0 Å². The molecule has 0 N–H and O–H groups in total. The van der Waals surface area contributed by atoms with E-state index in [-0.39, 0.29) is 32.2 Å². The first kappa shape index (κ1) is 22.7. The molecule has 1 heterocycles. The fourth-order valence-corrected chi connectivity index (χ4v) is 2.82. The van der Waals surface area contributed by atoms with Crippen LogP contribution in [-0.2, 0) is 19.0 Å². The van der Waals surface area contributed by atoms with Gasteiger partial charge in [0.1, 0.15) is 32.5 Å². The summed E-state index contributed by atoms with van der Waals surface area (Å²) < 4.78 is 39.5. The Labute approximate surface area is 181 Å². The average Bonchev–Trinajstić information content (AvgIpc) is 2.80. The van der Waals surface area contributed by atoms with Crippen molar-refractivity contribution in [3.63, 3.8) is 0 Å². The molecular formula is C23H28O8. The highest BCUT2D eigenvalue weighted by atomic mass is 16.6. The van der Waals surface area contributed by atoms with Gasteiger partial charge >= 0.3 is 5.97 Å². The van der Waals surface area contributed by atoms with Gasteiger partial charge < -0.3 is 33.2 Å². The summed E-state index contributed by atoms with van der Waals surface area (Å²) in [6.07, 6.45) is -0.283. The van der Waals surface area contributed by atoms with Gasteiger partial charge in [-0.1, -0.05) is 24.3 Å². The molecule has 0 aliphatic carbocycles. The zero-order chi connectivity index (χ0) is 21.7. The van der Waals surface area contributed by atoms with Gasteiger partial charge in [-0.15, -0.1) is 0 Å². The Balaban J connectivity index is 1.71. The molecule has 8 heteroatoms. The zero-order valence-corrected chi connectivity index (χ0v) is 17.6. The molecule has 0 fully saturated rings. The minimum Gasteiger partial charge on any atom is -0.487 e. The van der Waals surface area contributed by atoms with Gasteiger partial charge in [0, 0.05) is 0 Å². The second kappa shape index (κ2) is 12.7. The van der Waals surface area contributed by atoms with Crippen molar-refractivity contribution in [2.75, 3.05) is 53.4 Å². The maximum atomic E-state index is 11.4. The van der Waals surface area contributed by atoms with Crippen molar-refractivity contribution in [2.24, 2.45) is 0 Å². The first-order chi connectivity index (χ1) is 15.3. The number of hydrogen-bond donors (Lipinski definition) is 0. The molecule has 0 saturated carbocycles. The minimum absolute atomic E-state index is 0.145. The minimum atomic E-state index is -0.429. The van der Waals surface area contributed by atoms with Crippen LogP contribution in [0.25, 0.3) is 0 Å². The van der Waals surface area contributed by atoms with Gasteiger partial charge in [-0.05, 0) is 24.3 Å². The van der Waals surface area contributed by atoms with E-state index >= 15 is 0 Å². The first-order valence-corrected chi connectivity index (χ1v) is 10.2. The van der Waals surface area contributed by atoms with Crippen LogP contribution in [0.15, 0.2) is 48.5 Å². The Morgan fingerprint density at radius 1 is 0.806 bits per heavy atom. The normalized spacial score (nSPS) is 15.8. The summed E-state index contributed by atoms with van der Waals surface area (Å²) in [5, 5.41) is 0. The lowest BCUT2D eigenvalue weighted by atomic mass is 10.3. The van der Waals surface area contributed by atoms with Gasteiger partial charge in [0.2, 0.25) is 0 Å². The highest BCUT2D eigenvalue weighted by Gasteiger charge is 2.16. The quantitative estimate of drug-likeness (QED) is 0.683. The highest BCUT2D eigenvalue weighted by Crippen LogP contribution is 2.28. The van der Waals surface area contributed by atoms with Crippen LogP contribution in [0.2, 0.25) is 0 Å². The molecule has 2 aromatic carbocycles. The van der Waals surface area contributed by atoms with E-state index in [1.807, 2.05) is 48.5 Å². The summed E-state index contributed by atoms with van der Waals surface area (Å²) in [6.45, 7) is 2.24. The van der Waals surface area contributed by atoms with Gasteiger partial charge in [0.15, 0.2) is 23.0 Å². The standard InChI is InChI=1S/C23H28O8/c1-25-23(24)10-11-27-18-16-30-21-8-4-2-6-19(21)28-14-12-26-13-15-29-20-7-3-5-9-22(20)31-17-18/h2-9,18H,10-17H2,1H3. The van der Waals surface area contributed by atoms with Crippen LogP contribution in [-0.4, -0.2) is 65.4 Å². The highest BCUT2D eigenvalue weighted by molar-refractivity contribution is 5.69. The summed E-state index contributed by atoms with van der Waals surface area (Å²) in [4.78, 5) is 11.4. The molecule has 0 aromatic heterocycles. The second-order valence-corrected chi connectivity index (χ2v) is 6.64. The third-order valence-corrected chi connectivity index (χ3v) is 4.41. The maximum absolute atomic E-state index is 11.4. The Morgan fingerprint density at radius 3 is 1.77 bits per heavy atom. The SMILES string of the molecule is COC(=O)CCOC1COc2ccccc2OCCOCCOc2ccccc2OC1. The molecule has 1 aliphatic rings. The number of fused-ring (bicyclic) bond motifs is 2. The van der Waals surface area contributed by atoms with Gasteiger partial charge in [0.05, 0.1) is 33.4 Å². The number of ether oxygens (including phenoxy) is 7. The lowest BCUT2D eigenvalue weighted by molar-refractivity contribution is -0.142. The Hall–Kier alpha value is -2.97. The Morgan fingerprint density at radius 2 is 1.29 bits per heavy atom. The van der Waals surface area contributed by atoms with Crippen molar-refractivity contribution in [1.29, 1.82) is 0 Å². The molecule has 0 amide bonds. The number of esters is 1. The maximum Gasteiger partial charge on any atom is 0.307 e. The molecule has 0 saturated heterocycles. The van der Waals surface area contributed by atoms with Gasteiger partial charge in [-0.2, -0.15) is 0 Å². The molecule has 2 aromatic rings. The summed E-state index contributed by atoms with van der Waals surface area (Å²) in [7, 11) is 1.35. The molecular weight excluding hydrogens is 404 g/mol. The molecule has 0 atom stereocenters. The molecule has 0 radical (unpaired) electrons. The molecule has 0 bridgehead atoms. The largest absolute Gasteiger partial charge is 0.487 e. The van der Waals surface area contributed by atoms with Crippen LogP contribution < -0.4 is 18.9 Å². The Bertz CT molecular complexity index is 754. The smallest absolute Gasteiger partial charge is 0.307 e. The van der Waals surface area contributed by atoms with Gasteiger partial charge in [-0.3, -0.25) is 4.79 Å². The number of benzene rings is 2. The van der Waals surface area contributed by atoms with Crippen molar-refractivity contribution in [2.45, 2.75) is 12.5 Å². The predicted molar refractivity (Wildman–Crippen MR) is 112 cm³/mol. The summed E-state index contributed by atoms with van der Waals surface area (Å²) in [5.41, 5.74) is 0. The third-order valence-electron chi connectivity index (χ3n) is 4.41. The number of hydrogen-bond acceptors (Lipinski definition) is 8. The number of methoxy groups -OCH3 is 1. The van der Waals surface area contributed by atoms with E-state index < -0.39 is 6.10 Å². The van der Waals surface area contributed by atoms with Crippen LogP contribution in [0.3, 0.4) is 0 Å². The second-order valence-electron chi connectivity index (χ2n) is 6.64. The molecule has 3 rings (SSSR count). The third kappa shape index (κ3) is 7.66. The van der Waals surface area contributed by atoms with Gasteiger partial charge in [-0.25, -0.2) is 0 Å². The van der Waals surface area contributed by atoms with Crippen LogP contribution >= 0.6 is 0 Å². The van der Waals surface area contributed by atoms with E-state index in [1.54, 1.807) is 0 Å². The number of carbonyl (C=O) groups is 1. The molecule has 0 spiro atoms. The van der Waals surface area contributed by atoms with Crippen LogP contribution in [0.4, 0.5) is 0 Å². The first-order valence-electron chi connectivity index (χ1n) is 10.2. The molecule has 0 unspecified atom stereocenters. The van der Waals surface area contributed by atoms with Crippen molar-refractivity contribution in [1.82, 2.24) is 0 Å². The molecule has 168 valence electrons. The summed E-state index contributed by atoms with van der Waals surface area (Å²) >= 11 is 0. The lowest BCUT2D eigenvalue weighted by Gasteiger charge is -2.21. The number of carbonyl (C=O) groups excluding carboxylic acids is 1. The van der Waals surface area contributed by atoms with Crippen molar-refractivity contribution in [3.05, 3.63) is 48.5 Å². The summed E-state index contributed by atoms with van der Waals surface area (Å²) in [6, 6.07) is 14.8. The Kier molecular flexibility index (Phi) is 9.28. The van der Waals surface area contributed by atoms with E-state index in [4.69, 9.17) is 28.4 Å². The predicted octanol–water partition coefficient (Wildman–Crippen LogP) is 2.88. The molecule has 31 heavy (non-hydrogen) atoms. The van der Waals surface area contributed by atoms with E-state index in [0.29, 0.717) is 49.4 Å². The number of para-hydroxylation sites is 4. The molecule has 8 nitrogen and oxygen atoms in total. The monoisotopic (exact) mass is 432 g/mol. The zero-order valence-electron chi connectivity index (χ0n) is 17.6. The van der Waals surface area contributed by atoms with Crippen molar-refractivity contribution < 1.29 is 38.0 Å². The summed E-state index contributed by atoms with van der Waals surface area (Å²) in [5.74, 6) is 2.09. The fraction of sp³-hybridized carbons (Fsp3) is 0.435. The number of rotatable bonds is 4. The van der Waals surface area contributed by atoms with E-state index in [1.165, 1.54) is 7.11 Å². The van der Waals surface area contributed by atoms with Crippen molar-refractivity contribution >= 4 is 5.97 Å². The fourth-order valence-electron chi connectivity index (χ4n) is 2.82. The lowest BCUT2D eigenvalue weighted by Crippen LogP contribution is -2.30. The van der Waals surface area contributed by atoms with E-state index in [2.05, 4.69) is 4.74 Å². The average molecular weight is 432 g/mol. The van der Waals surface area contributed by atoms with Crippen LogP contribution in [0, 0.1) is 0 Å². The molecule has 1 aliphatic heterocycles.